The van der Waals surface area contributed by atoms with Gasteiger partial charge in [0, 0.05) is 12.2 Å². The Labute approximate surface area is 154 Å². The minimum atomic E-state index is -3.14. The summed E-state index contributed by atoms with van der Waals surface area (Å²) in [5, 5.41) is 3.10. The predicted molar refractivity (Wildman–Crippen MR) is 107 cm³/mol. The number of rotatable bonds is 4. The molecule has 6 nitrogen and oxygen atoms in total. The molecule has 1 aliphatic heterocycles. The Hall–Kier alpha value is -2.54. The first-order valence-electron chi connectivity index (χ1n) is 8.58. The van der Waals surface area contributed by atoms with Crippen molar-refractivity contribution in [3.8, 4) is 0 Å². The highest BCUT2D eigenvalue weighted by molar-refractivity contribution is 7.93. The number of aryl methyl sites for hydroxylation is 2. The van der Waals surface area contributed by atoms with E-state index in [0.717, 1.165) is 22.4 Å². The van der Waals surface area contributed by atoms with Crippen LogP contribution in [0, 0.1) is 13.8 Å². The van der Waals surface area contributed by atoms with Gasteiger partial charge in [0.1, 0.15) is 0 Å². The van der Waals surface area contributed by atoms with Crippen LogP contribution < -0.4 is 15.4 Å². The fraction of sp³-hybridized carbons (Fsp3) is 0.316. The maximum absolute atomic E-state index is 12.0. The molecule has 0 spiro atoms. The fourth-order valence-electron chi connectivity index (χ4n) is 3.11. The van der Waals surface area contributed by atoms with Gasteiger partial charge in [-0.15, -0.1) is 0 Å². The van der Waals surface area contributed by atoms with Gasteiger partial charge in [-0.3, -0.25) is 4.31 Å². The van der Waals surface area contributed by atoms with Crippen molar-refractivity contribution in [2.24, 2.45) is 10.7 Å². The molecule has 2 aromatic carbocycles. The van der Waals surface area contributed by atoms with E-state index in [0.29, 0.717) is 31.2 Å². The molecule has 1 heterocycles. The Morgan fingerprint density at radius 2 is 1.81 bits per heavy atom. The van der Waals surface area contributed by atoms with Crippen LogP contribution in [0.3, 0.4) is 0 Å². The summed E-state index contributed by atoms with van der Waals surface area (Å²) in [5.74, 6) is 0.570. The Morgan fingerprint density at radius 1 is 1.15 bits per heavy atom. The maximum atomic E-state index is 12.0. The SMILES string of the molecule is Cc1cc(C)cc(NC(N)=NCc2ccc(N3CCCS3(=O)=O)cc2)c1. The van der Waals surface area contributed by atoms with E-state index in [4.69, 9.17) is 5.73 Å². The third kappa shape index (κ3) is 4.35. The van der Waals surface area contributed by atoms with E-state index in [1.54, 1.807) is 0 Å². The number of aliphatic imine (C=N–C) groups is 1. The zero-order valence-electron chi connectivity index (χ0n) is 15.1. The molecule has 7 heteroatoms. The van der Waals surface area contributed by atoms with Crippen LogP contribution in [0.4, 0.5) is 11.4 Å². The van der Waals surface area contributed by atoms with E-state index in [1.807, 2.05) is 50.2 Å². The molecule has 0 aliphatic carbocycles. The predicted octanol–water partition coefficient (Wildman–Crippen LogP) is 2.77. The third-order valence-corrected chi connectivity index (χ3v) is 6.12. The summed E-state index contributed by atoms with van der Waals surface area (Å²) in [4.78, 5) is 4.36. The smallest absolute Gasteiger partial charge is 0.235 e. The second-order valence-electron chi connectivity index (χ2n) is 6.61. The first-order chi connectivity index (χ1) is 12.3. The van der Waals surface area contributed by atoms with Crippen molar-refractivity contribution < 1.29 is 8.42 Å². The molecule has 0 atom stereocenters. The number of nitrogens with two attached hydrogens (primary N) is 1. The van der Waals surface area contributed by atoms with Gasteiger partial charge < -0.3 is 11.1 Å². The van der Waals surface area contributed by atoms with E-state index < -0.39 is 10.0 Å². The average molecular weight is 372 g/mol. The van der Waals surface area contributed by atoms with Gasteiger partial charge in [0.15, 0.2) is 5.96 Å². The van der Waals surface area contributed by atoms with Crippen molar-refractivity contribution in [3.63, 3.8) is 0 Å². The quantitative estimate of drug-likeness (QED) is 0.638. The highest BCUT2D eigenvalue weighted by Crippen LogP contribution is 2.24. The first-order valence-corrected chi connectivity index (χ1v) is 10.2. The summed E-state index contributed by atoms with van der Waals surface area (Å²) < 4.78 is 25.4. The van der Waals surface area contributed by atoms with Gasteiger partial charge in [-0.2, -0.15) is 0 Å². The molecule has 26 heavy (non-hydrogen) atoms. The van der Waals surface area contributed by atoms with Gasteiger partial charge in [0.25, 0.3) is 0 Å². The molecule has 0 unspecified atom stereocenters. The lowest BCUT2D eigenvalue weighted by Crippen LogP contribution is -2.25. The highest BCUT2D eigenvalue weighted by Gasteiger charge is 2.28. The van der Waals surface area contributed by atoms with Crippen LogP contribution in [0.2, 0.25) is 0 Å². The summed E-state index contributed by atoms with van der Waals surface area (Å²) in [6.45, 7) is 5.05. The normalized spacial score (nSPS) is 16.7. The second kappa shape index (κ2) is 7.37. The molecule has 2 aromatic rings. The van der Waals surface area contributed by atoms with Gasteiger partial charge >= 0.3 is 0 Å². The fourth-order valence-corrected chi connectivity index (χ4v) is 4.67. The second-order valence-corrected chi connectivity index (χ2v) is 8.62. The topological polar surface area (TPSA) is 87.8 Å². The third-order valence-electron chi connectivity index (χ3n) is 4.25. The number of sulfonamides is 1. The van der Waals surface area contributed by atoms with Crippen LogP contribution in [0.5, 0.6) is 0 Å². The van der Waals surface area contributed by atoms with E-state index in [9.17, 15) is 8.42 Å². The monoisotopic (exact) mass is 372 g/mol. The summed E-state index contributed by atoms with van der Waals surface area (Å²) in [6.07, 6.45) is 0.676. The van der Waals surface area contributed by atoms with Crippen LogP contribution in [0.1, 0.15) is 23.1 Å². The van der Waals surface area contributed by atoms with Crippen LogP contribution in [-0.4, -0.2) is 26.7 Å². The van der Waals surface area contributed by atoms with Crippen molar-refractivity contribution in [2.45, 2.75) is 26.8 Å². The molecule has 0 aromatic heterocycles. The van der Waals surface area contributed by atoms with Gasteiger partial charge in [0.2, 0.25) is 10.0 Å². The van der Waals surface area contributed by atoms with Crippen molar-refractivity contribution >= 4 is 27.4 Å². The number of benzene rings is 2. The minimum absolute atomic E-state index is 0.222. The largest absolute Gasteiger partial charge is 0.370 e. The zero-order chi connectivity index (χ0) is 18.7. The number of guanidine groups is 1. The highest BCUT2D eigenvalue weighted by atomic mass is 32.2. The Bertz CT molecular complexity index is 901. The van der Waals surface area contributed by atoms with Crippen molar-refractivity contribution in [1.82, 2.24) is 0 Å². The average Bonchev–Trinajstić information content (AvgIpc) is 2.92. The van der Waals surface area contributed by atoms with Crippen molar-refractivity contribution in [3.05, 3.63) is 59.2 Å². The van der Waals surface area contributed by atoms with Crippen LogP contribution in [0.15, 0.2) is 47.5 Å². The summed E-state index contributed by atoms with van der Waals surface area (Å²) in [5.41, 5.74) is 10.9. The number of nitrogens with zero attached hydrogens (tertiary/aromatic N) is 2. The Kier molecular flexibility index (Phi) is 5.18. The molecule has 0 radical (unpaired) electrons. The van der Waals surface area contributed by atoms with Gasteiger partial charge in [-0.05, 0) is 61.2 Å². The summed E-state index contributed by atoms with van der Waals surface area (Å²) in [6, 6.07) is 13.5. The molecule has 0 amide bonds. The zero-order valence-corrected chi connectivity index (χ0v) is 15.9. The number of anilines is 2. The summed E-state index contributed by atoms with van der Waals surface area (Å²) in [7, 11) is -3.14. The van der Waals surface area contributed by atoms with Gasteiger partial charge in [0.05, 0.1) is 18.0 Å². The first kappa shape index (κ1) is 18.3. The molecule has 0 bridgehead atoms. The van der Waals surface area contributed by atoms with Crippen molar-refractivity contribution in [2.75, 3.05) is 21.9 Å². The lowest BCUT2D eigenvalue weighted by molar-refractivity contribution is 0.599. The maximum Gasteiger partial charge on any atom is 0.235 e. The number of nitrogens with one attached hydrogen (secondary N) is 1. The lowest BCUT2D eigenvalue weighted by atomic mass is 10.1. The van der Waals surface area contributed by atoms with E-state index in [1.165, 1.54) is 4.31 Å². The Morgan fingerprint density at radius 3 is 2.38 bits per heavy atom. The minimum Gasteiger partial charge on any atom is -0.370 e. The number of hydrogen-bond donors (Lipinski definition) is 2. The van der Waals surface area contributed by atoms with E-state index in [2.05, 4.69) is 16.4 Å². The standard InChI is InChI=1S/C19H24N4O2S/c1-14-10-15(2)12-17(11-14)22-19(20)21-13-16-4-6-18(7-5-16)23-8-3-9-26(23,24)25/h4-7,10-12H,3,8-9,13H2,1-2H3,(H3,20,21,22). The molecular formula is C19H24N4O2S. The van der Waals surface area contributed by atoms with Crippen molar-refractivity contribution in [1.29, 1.82) is 0 Å². The van der Waals surface area contributed by atoms with Gasteiger partial charge in [-0.25, -0.2) is 13.4 Å². The van der Waals surface area contributed by atoms with E-state index >= 15 is 0 Å². The molecule has 1 aliphatic rings. The molecular weight excluding hydrogens is 348 g/mol. The van der Waals surface area contributed by atoms with Crippen LogP contribution in [0.25, 0.3) is 0 Å². The number of hydrogen-bond acceptors (Lipinski definition) is 3. The molecule has 3 rings (SSSR count). The molecule has 1 fully saturated rings. The van der Waals surface area contributed by atoms with Crippen LogP contribution >= 0.6 is 0 Å². The lowest BCUT2D eigenvalue weighted by Gasteiger charge is -2.16. The molecule has 1 saturated heterocycles. The molecule has 0 saturated carbocycles. The molecule has 138 valence electrons. The summed E-state index contributed by atoms with van der Waals surface area (Å²) >= 11 is 0. The van der Waals surface area contributed by atoms with Crippen LogP contribution in [-0.2, 0) is 16.6 Å². The van der Waals surface area contributed by atoms with E-state index in [-0.39, 0.29) is 5.75 Å². The molecule has 3 N–H and O–H groups in total. The Balaban J connectivity index is 1.64. The van der Waals surface area contributed by atoms with Gasteiger partial charge in [-0.1, -0.05) is 18.2 Å².